The summed E-state index contributed by atoms with van der Waals surface area (Å²) in [6, 6.07) is 18.9. The predicted molar refractivity (Wildman–Crippen MR) is 107 cm³/mol. The first kappa shape index (κ1) is 17.5. The van der Waals surface area contributed by atoms with Crippen molar-refractivity contribution in [1.82, 2.24) is 19.8 Å². The molecule has 4 aromatic rings. The lowest BCUT2D eigenvalue weighted by Crippen LogP contribution is -2.01. The highest BCUT2D eigenvalue weighted by atomic mass is 16.5. The molecule has 0 saturated carbocycles. The number of aromatic nitrogens is 4. The van der Waals surface area contributed by atoms with Gasteiger partial charge in [-0.05, 0) is 24.3 Å². The van der Waals surface area contributed by atoms with Gasteiger partial charge in [0.05, 0.1) is 20.4 Å². The van der Waals surface area contributed by atoms with Gasteiger partial charge in [-0.3, -0.25) is 5.43 Å². The first-order valence-electron chi connectivity index (χ1n) is 8.57. The Morgan fingerprint density at radius 2 is 1.82 bits per heavy atom. The van der Waals surface area contributed by atoms with Crippen molar-refractivity contribution in [1.29, 1.82) is 0 Å². The summed E-state index contributed by atoms with van der Waals surface area (Å²) < 4.78 is 12.3. The number of hydrogen-bond acceptors (Lipinski definition) is 7. The van der Waals surface area contributed by atoms with Crippen LogP contribution in [0.3, 0.4) is 0 Å². The van der Waals surface area contributed by atoms with E-state index in [0.29, 0.717) is 23.0 Å². The Kier molecular flexibility index (Phi) is 4.83. The van der Waals surface area contributed by atoms with Crippen LogP contribution in [-0.4, -0.2) is 40.2 Å². The van der Waals surface area contributed by atoms with Gasteiger partial charge in [-0.25, -0.2) is 0 Å². The molecule has 2 heterocycles. The maximum Gasteiger partial charge on any atom is 0.185 e. The van der Waals surface area contributed by atoms with E-state index >= 15 is 0 Å². The summed E-state index contributed by atoms with van der Waals surface area (Å²) >= 11 is 0. The lowest BCUT2D eigenvalue weighted by molar-refractivity contribution is 0.394. The number of fused-ring (bicyclic) bond motifs is 1. The van der Waals surface area contributed by atoms with E-state index in [2.05, 4.69) is 25.8 Å². The van der Waals surface area contributed by atoms with Crippen LogP contribution in [0, 0.1) is 0 Å². The molecular weight excluding hydrogens is 356 g/mol. The molecule has 2 aromatic carbocycles. The van der Waals surface area contributed by atoms with Crippen molar-refractivity contribution in [3.63, 3.8) is 0 Å². The molecule has 140 valence electrons. The standard InChI is InChI=1S/C20H18N6O2/c1-27-16-9-8-15(17(12-16)28-2)13-21-22-18-10-11-19-23-24-20(26(19)25-18)14-6-4-3-5-7-14/h3-13H,1-2H3,(H,22,25). The van der Waals surface area contributed by atoms with Crippen molar-refractivity contribution in [2.75, 3.05) is 19.6 Å². The highest BCUT2D eigenvalue weighted by Gasteiger charge is 2.09. The number of hydrazone groups is 1. The molecule has 4 rings (SSSR count). The highest BCUT2D eigenvalue weighted by molar-refractivity contribution is 5.84. The molecular formula is C20H18N6O2. The van der Waals surface area contributed by atoms with Gasteiger partial charge >= 0.3 is 0 Å². The summed E-state index contributed by atoms with van der Waals surface area (Å²) in [5.41, 5.74) is 5.33. The van der Waals surface area contributed by atoms with E-state index < -0.39 is 0 Å². The number of ether oxygens (including phenoxy) is 2. The number of anilines is 1. The molecule has 0 amide bonds. The topological polar surface area (TPSA) is 85.9 Å². The van der Waals surface area contributed by atoms with Gasteiger partial charge in [0.15, 0.2) is 17.3 Å². The zero-order valence-electron chi connectivity index (χ0n) is 15.4. The maximum atomic E-state index is 5.37. The minimum Gasteiger partial charge on any atom is -0.497 e. The van der Waals surface area contributed by atoms with Crippen LogP contribution in [0.2, 0.25) is 0 Å². The Labute approximate surface area is 161 Å². The monoisotopic (exact) mass is 374 g/mol. The molecule has 0 bridgehead atoms. The lowest BCUT2D eigenvalue weighted by atomic mass is 10.2. The molecule has 8 heteroatoms. The zero-order chi connectivity index (χ0) is 19.3. The van der Waals surface area contributed by atoms with Gasteiger partial charge in [-0.15, -0.1) is 15.3 Å². The third-order valence-corrected chi connectivity index (χ3v) is 4.12. The van der Waals surface area contributed by atoms with E-state index in [9.17, 15) is 0 Å². The number of rotatable bonds is 6. The molecule has 0 unspecified atom stereocenters. The molecule has 0 atom stereocenters. The van der Waals surface area contributed by atoms with Crippen LogP contribution in [0.15, 0.2) is 65.8 Å². The van der Waals surface area contributed by atoms with E-state index in [-0.39, 0.29) is 0 Å². The van der Waals surface area contributed by atoms with E-state index in [4.69, 9.17) is 9.47 Å². The quantitative estimate of drug-likeness (QED) is 0.412. The number of nitrogens with one attached hydrogen (secondary N) is 1. The maximum absolute atomic E-state index is 5.37. The van der Waals surface area contributed by atoms with E-state index in [1.54, 1.807) is 37.1 Å². The summed E-state index contributed by atoms with van der Waals surface area (Å²) in [5, 5.41) is 17.2. The molecule has 2 aromatic heterocycles. The third-order valence-electron chi connectivity index (χ3n) is 4.12. The molecule has 28 heavy (non-hydrogen) atoms. The lowest BCUT2D eigenvalue weighted by Gasteiger charge is -2.07. The average molecular weight is 374 g/mol. The molecule has 0 aliphatic carbocycles. The molecule has 0 fully saturated rings. The van der Waals surface area contributed by atoms with Crippen LogP contribution in [-0.2, 0) is 0 Å². The molecule has 0 spiro atoms. The van der Waals surface area contributed by atoms with Crippen molar-refractivity contribution in [2.45, 2.75) is 0 Å². The van der Waals surface area contributed by atoms with Crippen molar-refractivity contribution in [2.24, 2.45) is 5.10 Å². The van der Waals surface area contributed by atoms with Crippen LogP contribution in [0.5, 0.6) is 11.5 Å². The SMILES string of the molecule is COc1ccc(C=NNc2ccc3nnc(-c4ccccc4)n3n2)c(OC)c1. The van der Waals surface area contributed by atoms with Gasteiger partial charge < -0.3 is 9.47 Å². The Balaban J connectivity index is 1.58. The van der Waals surface area contributed by atoms with Crippen LogP contribution in [0.25, 0.3) is 17.0 Å². The van der Waals surface area contributed by atoms with Crippen molar-refractivity contribution in [3.8, 4) is 22.9 Å². The van der Waals surface area contributed by atoms with Crippen LogP contribution < -0.4 is 14.9 Å². The van der Waals surface area contributed by atoms with E-state index in [0.717, 1.165) is 16.9 Å². The van der Waals surface area contributed by atoms with Crippen molar-refractivity contribution >= 4 is 17.7 Å². The second kappa shape index (κ2) is 7.75. The fourth-order valence-corrected chi connectivity index (χ4v) is 2.71. The minimum atomic E-state index is 0.563. The first-order valence-corrected chi connectivity index (χ1v) is 8.57. The van der Waals surface area contributed by atoms with Crippen LogP contribution >= 0.6 is 0 Å². The molecule has 0 aliphatic heterocycles. The first-order chi connectivity index (χ1) is 13.8. The molecule has 8 nitrogen and oxygen atoms in total. The Morgan fingerprint density at radius 1 is 0.964 bits per heavy atom. The molecule has 0 radical (unpaired) electrons. The van der Waals surface area contributed by atoms with Crippen LogP contribution in [0.4, 0.5) is 5.82 Å². The second-order valence-corrected chi connectivity index (χ2v) is 5.86. The predicted octanol–water partition coefficient (Wildman–Crippen LogP) is 3.25. The van der Waals surface area contributed by atoms with Crippen LogP contribution in [0.1, 0.15) is 5.56 Å². The van der Waals surface area contributed by atoms with Gasteiger partial charge in [0, 0.05) is 17.2 Å². The fraction of sp³-hybridized carbons (Fsp3) is 0.100. The van der Waals surface area contributed by atoms with Gasteiger partial charge in [0.25, 0.3) is 0 Å². The van der Waals surface area contributed by atoms with Gasteiger partial charge in [-0.1, -0.05) is 30.3 Å². The summed E-state index contributed by atoms with van der Waals surface area (Å²) in [4.78, 5) is 0. The summed E-state index contributed by atoms with van der Waals surface area (Å²) in [7, 11) is 3.22. The number of methoxy groups -OCH3 is 2. The van der Waals surface area contributed by atoms with Gasteiger partial charge in [-0.2, -0.15) is 9.62 Å². The second-order valence-electron chi connectivity index (χ2n) is 5.86. The average Bonchev–Trinajstić information content (AvgIpc) is 3.18. The third kappa shape index (κ3) is 3.48. The highest BCUT2D eigenvalue weighted by Crippen LogP contribution is 2.23. The van der Waals surface area contributed by atoms with E-state index in [1.165, 1.54) is 0 Å². The molecule has 0 saturated heterocycles. The summed E-state index contributed by atoms with van der Waals surface area (Å²) in [6.07, 6.45) is 1.66. The zero-order valence-corrected chi connectivity index (χ0v) is 15.4. The Bertz CT molecular complexity index is 1120. The molecule has 0 aliphatic rings. The fourth-order valence-electron chi connectivity index (χ4n) is 2.71. The smallest absolute Gasteiger partial charge is 0.185 e. The minimum absolute atomic E-state index is 0.563. The van der Waals surface area contributed by atoms with Crippen molar-refractivity contribution < 1.29 is 9.47 Å². The molecule has 1 N–H and O–H groups in total. The normalized spacial score (nSPS) is 11.1. The van der Waals surface area contributed by atoms with Gasteiger partial charge in [0.2, 0.25) is 0 Å². The summed E-state index contributed by atoms with van der Waals surface area (Å²) in [6.45, 7) is 0. The number of nitrogens with zero attached hydrogens (tertiary/aromatic N) is 5. The van der Waals surface area contributed by atoms with E-state index in [1.807, 2.05) is 48.5 Å². The Morgan fingerprint density at radius 3 is 2.61 bits per heavy atom. The van der Waals surface area contributed by atoms with Crippen molar-refractivity contribution in [3.05, 3.63) is 66.2 Å². The number of benzene rings is 2. The summed E-state index contributed by atoms with van der Waals surface area (Å²) in [5.74, 6) is 2.61. The van der Waals surface area contributed by atoms with Gasteiger partial charge in [0.1, 0.15) is 11.5 Å². The largest absolute Gasteiger partial charge is 0.497 e. The number of hydrogen-bond donors (Lipinski definition) is 1. The Hall–Kier alpha value is -3.94.